The Morgan fingerprint density at radius 1 is 1.26 bits per heavy atom. The van der Waals surface area contributed by atoms with Gasteiger partial charge in [0.15, 0.2) is 0 Å². The predicted octanol–water partition coefficient (Wildman–Crippen LogP) is 4.59. The number of aromatic carboxylic acids is 1. The minimum absolute atomic E-state index is 0.148. The molecule has 3 rings (SSSR count). The van der Waals surface area contributed by atoms with Crippen LogP contribution in [-0.2, 0) is 16.2 Å². The molecule has 8 heteroatoms. The van der Waals surface area contributed by atoms with Gasteiger partial charge in [-0.3, -0.25) is 0 Å². The number of carboxylic acid groups (broad SMARTS) is 1. The summed E-state index contributed by atoms with van der Waals surface area (Å²) in [6.45, 7) is 1.79. The van der Waals surface area contributed by atoms with Gasteiger partial charge in [0.05, 0.1) is 21.9 Å². The molecule has 0 bridgehead atoms. The van der Waals surface area contributed by atoms with Crippen molar-refractivity contribution in [3.05, 3.63) is 68.7 Å². The first-order valence-electron chi connectivity index (χ1n) is 7.77. The van der Waals surface area contributed by atoms with Crippen molar-refractivity contribution in [2.24, 2.45) is 5.16 Å². The fourth-order valence-corrected chi connectivity index (χ4v) is 2.98. The second-order valence-electron chi connectivity index (χ2n) is 5.71. The Balaban J connectivity index is 1.89. The first-order valence-corrected chi connectivity index (χ1v) is 8.53. The molecule has 0 fully saturated rings. The van der Waals surface area contributed by atoms with Crippen LogP contribution >= 0.6 is 23.2 Å². The highest BCUT2D eigenvalue weighted by Gasteiger charge is 2.23. The van der Waals surface area contributed by atoms with Gasteiger partial charge in [0.1, 0.15) is 12.4 Å². The van der Waals surface area contributed by atoms with E-state index in [0.29, 0.717) is 22.0 Å². The van der Waals surface area contributed by atoms with E-state index in [9.17, 15) is 9.59 Å². The molecule has 1 N–H and O–H groups in total. The smallest absolute Gasteiger partial charge is 0.367 e. The molecule has 0 aromatic heterocycles. The van der Waals surface area contributed by atoms with Gasteiger partial charge in [0, 0.05) is 10.6 Å². The molecule has 1 aliphatic rings. The Bertz CT molecular complexity index is 980. The number of oxime groups is 1. The predicted molar refractivity (Wildman–Crippen MR) is 101 cm³/mol. The van der Waals surface area contributed by atoms with Gasteiger partial charge in [-0.25, -0.2) is 9.59 Å². The van der Waals surface area contributed by atoms with Crippen molar-refractivity contribution in [2.45, 2.75) is 13.5 Å². The summed E-state index contributed by atoms with van der Waals surface area (Å²) >= 11 is 12.3. The van der Waals surface area contributed by atoms with Gasteiger partial charge in [-0.15, -0.1) is 0 Å². The van der Waals surface area contributed by atoms with Crippen LogP contribution in [0.5, 0.6) is 5.75 Å². The summed E-state index contributed by atoms with van der Waals surface area (Å²) in [7, 11) is 0. The average molecular weight is 406 g/mol. The molecule has 2 aromatic carbocycles. The minimum Gasteiger partial charge on any atom is -0.487 e. The van der Waals surface area contributed by atoms with E-state index < -0.39 is 11.9 Å². The molecule has 1 heterocycles. The molecule has 138 valence electrons. The molecule has 1 aliphatic heterocycles. The van der Waals surface area contributed by atoms with Gasteiger partial charge in [-0.1, -0.05) is 40.5 Å². The number of rotatable bonds is 5. The highest BCUT2D eigenvalue weighted by atomic mass is 35.5. The van der Waals surface area contributed by atoms with Crippen molar-refractivity contribution in [1.82, 2.24) is 0 Å². The first-order chi connectivity index (χ1) is 12.8. The van der Waals surface area contributed by atoms with Crippen LogP contribution < -0.4 is 4.74 Å². The molecule has 0 atom stereocenters. The number of halogens is 2. The average Bonchev–Trinajstić information content (AvgIpc) is 2.93. The molecule has 0 spiro atoms. The van der Waals surface area contributed by atoms with E-state index in [4.69, 9.17) is 33.0 Å². The Hall–Kier alpha value is -2.83. The number of nitrogens with zero attached hydrogens (tertiary/aromatic N) is 1. The molecule has 0 radical (unpaired) electrons. The SMILES string of the molecule is CC1=NOC(=O)/C1=C\c1cc(Cl)cc(Cl)c1OCc1ccc(C(=O)O)cc1. The van der Waals surface area contributed by atoms with E-state index in [1.165, 1.54) is 18.2 Å². The fourth-order valence-electron chi connectivity index (χ4n) is 2.41. The molecule has 0 aliphatic carbocycles. The van der Waals surface area contributed by atoms with Crippen LogP contribution in [0.2, 0.25) is 10.0 Å². The number of carbonyl (C=O) groups excluding carboxylic acids is 1. The van der Waals surface area contributed by atoms with Gasteiger partial charge in [-0.05, 0) is 42.8 Å². The molecule has 0 saturated carbocycles. The highest BCUT2D eigenvalue weighted by molar-refractivity contribution is 6.36. The molecule has 2 aromatic rings. The van der Waals surface area contributed by atoms with E-state index in [2.05, 4.69) is 9.99 Å². The van der Waals surface area contributed by atoms with E-state index in [1.54, 1.807) is 31.2 Å². The van der Waals surface area contributed by atoms with Crippen molar-refractivity contribution in [3.8, 4) is 5.75 Å². The van der Waals surface area contributed by atoms with Crippen molar-refractivity contribution in [1.29, 1.82) is 0 Å². The molecule has 0 amide bonds. The minimum atomic E-state index is -1.00. The topological polar surface area (TPSA) is 85.2 Å². The zero-order chi connectivity index (χ0) is 19.6. The third-order valence-corrected chi connectivity index (χ3v) is 4.30. The van der Waals surface area contributed by atoms with Gasteiger partial charge in [0.2, 0.25) is 0 Å². The van der Waals surface area contributed by atoms with Crippen LogP contribution in [0.4, 0.5) is 0 Å². The molecule has 6 nitrogen and oxygen atoms in total. The lowest BCUT2D eigenvalue weighted by atomic mass is 10.1. The molecular weight excluding hydrogens is 393 g/mol. The Labute approximate surface area is 164 Å². The summed E-state index contributed by atoms with van der Waals surface area (Å²) < 4.78 is 5.82. The Morgan fingerprint density at radius 3 is 2.56 bits per heavy atom. The monoisotopic (exact) mass is 405 g/mol. The molecular formula is C19H13Cl2NO5. The summed E-state index contributed by atoms with van der Waals surface area (Å²) in [4.78, 5) is 27.3. The van der Waals surface area contributed by atoms with Crippen LogP contribution in [0.1, 0.15) is 28.4 Å². The van der Waals surface area contributed by atoms with Crippen LogP contribution in [0, 0.1) is 0 Å². The lowest BCUT2D eigenvalue weighted by molar-refractivity contribution is -0.136. The molecule has 0 unspecified atom stereocenters. The number of carbonyl (C=O) groups is 2. The van der Waals surface area contributed by atoms with Crippen molar-refractivity contribution >= 4 is 46.9 Å². The summed E-state index contributed by atoms with van der Waals surface area (Å²) in [5.41, 5.74) is 2.15. The highest BCUT2D eigenvalue weighted by Crippen LogP contribution is 2.35. The summed E-state index contributed by atoms with van der Waals surface area (Å²) in [5, 5.41) is 13.2. The van der Waals surface area contributed by atoms with E-state index >= 15 is 0 Å². The summed E-state index contributed by atoms with van der Waals surface area (Å²) in [5.74, 6) is -1.24. The lowest BCUT2D eigenvalue weighted by Crippen LogP contribution is -2.03. The van der Waals surface area contributed by atoms with Crippen molar-refractivity contribution in [2.75, 3.05) is 0 Å². The standard InChI is InChI=1S/C19H13Cl2NO5/c1-10-15(19(25)27-22-10)7-13-6-14(20)8-16(21)17(13)26-9-11-2-4-12(5-3-11)18(23)24/h2-8H,9H2,1H3,(H,23,24)/b15-7-. The second-order valence-corrected chi connectivity index (χ2v) is 6.55. The third-order valence-electron chi connectivity index (χ3n) is 3.80. The number of ether oxygens (including phenoxy) is 1. The maximum atomic E-state index is 11.8. The summed E-state index contributed by atoms with van der Waals surface area (Å²) in [6, 6.07) is 9.42. The van der Waals surface area contributed by atoms with Crippen LogP contribution in [0.15, 0.2) is 47.1 Å². The van der Waals surface area contributed by atoms with Crippen molar-refractivity contribution in [3.63, 3.8) is 0 Å². The normalized spacial score (nSPS) is 14.9. The largest absolute Gasteiger partial charge is 0.487 e. The van der Waals surface area contributed by atoms with E-state index in [1.807, 2.05) is 0 Å². The maximum Gasteiger partial charge on any atom is 0.367 e. The zero-order valence-corrected chi connectivity index (χ0v) is 15.5. The first kappa shape index (κ1) is 18.9. The zero-order valence-electron chi connectivity index (χ0n) is 14.0. The second kappa shape index (κ2) is 7.82. The van der Waals surface area contributed by atoms with Crippen LogP contribution in [0.25, 0.3) is 6.08 Å². The molecule has 27 heavy (non-hydrogen) atoms. The van der Waals surface area contributed by atoms with Gasteiger partial charge in [0.25, 0.3) is 0 Å². The van der Waals surface area contributed by atoms with Crippen LogP contribution in [-0.4, -0.2) is 22.8 Å². The fraction of sp³-hybridized carbons (Fsp3) is 0.105. The number of carboxylic acids is 1. The Morgan fingerprint density at radius 2 is 1.96 bits per heavy atom. The van der Waals surface area contributed by atoms with Crippen molar-refractivity contribution < 1.29 is 24.3 Å². The third kappa shape index (κ3) is 4.30. The number of hydrogen-bond donors (Lipinski definition) is 1. The lowest BCUT2D eigenvalue weighted by Gasteiger charge is -2.12. The van der Waals surface area contributed by atoms with E-state index in [-0.39, 0.29) is 22.8 Å². The quantitative estimate of drug-likeness (QED) is 0.580. The number of benzene rings is 2. The van der Waals surface area contributed by atoms with Gasteiger partial charge >= 0.3 is 11.9 Å². The van der Waals surface area contributed by atoms with E-state index in [0.717, 1.165) is 5.56 Å². The number of hydrogen-bond acceptors (Lipinski definition) is 5. The summed E-state index contributed by atoms with van der Waals surface area (Å²) in [6.07, 6.45) is 1.55. The van der Waals surface area contributed by atoms with Crippen LogP contribution in [0.3, 0.4) is 0 Å². The molecule has 0 saturated heterocycles. The van der Waals surface area contributed by atoms with Gasteiger partial charge in [-0.2, -0.15) is 0 Å². The Kier molecular flexibility index (Phi) is 5.48. The van der Waals surface area contributed by atoms with Gasteiger partial charge < -0.3 is 14.7 Å². The maximum absolute atomic E-state index is 11.8.